The smallest absolute Gasteiger partial charge is 0.254 e. The number of nitrogens with one attached hydrogen (secondary N) is 3. The minimum atomic E-state index is -0.129. The van der Waals surface area contributed by atoms with Gasteiger partial charge in [0.1, 0.15) is 5.65 Å². The van der Waals surface area contributed by atoms with Crippen molar-refractivity contribution in [3.8, 4) is 6.07 Å². The van der Waals surface area contributed by atoms with Crippen LogP contribution in [-0.2, 0) is 6.54 Å². The van der Waals surface area contributed by atoms with Gasteiger partial charge in [-0.3, -0.25) is 9.69 Å². The number of amides is 1. The molecule has 3 aromatic rings. The van der Waals surface area contributed by atoms with E-state index in [-0.39, 0.29) is 5.91 Å². The molecule has 0 saturated carbocycles. The summed E-state index contributed by atoms with van der Waals surface area (Å²) in [6.45, 7) is 0.887. The summed E-state index contributed by atoms with van der Waals surface area (Å²) < 4.78 is 0. The van der Waals surface area contributed by atoms with Crippen molar-refractivity contribution >= 4 is 22.6 Å². The molecule has 2 aliphatic heterocycles. The first-order chi connectivity index (χ1) is 15.2. The Bertz CT molecular complexity index is 1150. The molecule has 158 valence electrons. The Morgan fingerprint density at radius 2 is 2.10 bits per heavy atom. The number of hydrogen-bond donors (Lipinski definition) is 3. The predicted molar refractivity (Wildman–Crippen MR) is 120 cm³/mol. The molecule has 4 heterocycles. The van der Waals surface area contributed by atoms with Gasteiger partial charge in [-0.1, -0.05) is 12.1 Å². The fourth-order valence-corrected chi connectivity index (χ4v) is 5.27. The molecule has 3 N–H and O–H groups in total. The largest absolute Gasteiger partial charge is 0.381 e. The number of hydrogen-bond acceptors (Lipinski definition) is 5. The quantitative estimate of drug-likeness (QED) is 0.595. The molecule has 2 aliphatic rings. The minimum absolute atomic E-state index is 0.129. The number of anilines is 1. The third-order valence-electron chi connectivity index (χ3n) is 6.71. The number of pyridine rings is 1. The van der Waals surface area contributed by atoms with E-state index >= 15 is 0 Å². The molecular weight excluding hydrogens is 388 g/mol. The average molecular weight is 415 g/mol. The first kappa shape index (κ1) is 19.6. The van der Waals surface area contributed by atoms with E-state index in [1.54, 1.807) is 13.2 Å². The second-order valence-electron chi connectivity index (χ2n) is 8.55. The third-order valence-corrected chi connectivity index (χ3v) is 6.71. The number of nitrogens with zero attached hydrogens (tertiary/aromatic N) is 3. The second kappa shape index (κ2) is 8.05. The van der Waals surface area contributed by atoms with Crippen molar-refractivity contribution in [1.82, 2.24) is 20.2 Å². The summed E-state index contributed by atoms with van der Waals surface area (Å²) in [7, 11) is 1.65. The number of carbonyl (C=O) groups excluding carboxylic acids is 1. The summed E-state index contributed by atoms with van der Waals surface area (Å²) in [6, 6.07) is 13.5. The van der Waals surface area contributed by atoms with Crippen LogP contribution in [0.15, 0.2) is 42.7 Å². The lowest BCUT2D eigenvalue weighted by Gasteiger charge is -2.39. The van der Waals surface area contributed by atoms with Gasteiger partial charge in [-0.15, -0.1) is 0 Å². The highest BCUT2D eigenvalue weighted by Crippen LogP contribution is 2.39. The van der Waals surface area contributed by atoms with E-state index in [2.05, 4.69) is 37.6 Å². The van der Waals surface area contributed by atoms with Gasteiger partial charge in [0.25, 0.3) is 5.91 Å². The standard InChI is InChI=1S/C24H26N6O/c1-26-24(31)21-13-28-23-20(7-8-27-23)22(21)29-17-10-18-5-6-19(11-17)30(18)14-16-4-2-3-15(9-16)12-25/h2-4,7-9,13,17-19H,5-6,10-11,14H2,1H3,(H,26,31)(H2,27,28,29). The van der Waals surface area contributed by atoms with Gasteiger partial charge in [0.15, 0.2) is 0 Å². The molecular formula is C24H26N6O. The number of piperidine rings is 1. The lowest BCUT2D eigenvalue weighted by Crippen LogP contribution is -2.46. The van der Waals surface area contributed by atoms with Gasteiger partial charge >= 0.3 is 0 Å². The van der Waals surface area contributed by atoms with Crippen LogP contribution in [0, 0.1) is 11.3 Å². The van der Waals surface area contributed by atoms with Crippen LogP contribution in [0.3, 0.4) is 0 Å². The molecule has 0 aliphatic carbocycles. The maximum atomic E-state index is 12.5. The molecule has 2 fully saturated rings. The SMILES string of the molecule is CNC(=O)c1cnc2[nH]ccc2c1NC1CC2CCC(C1)N2Cc1cccc(C#N)c1. The van der Waals surface area contributed by atoms with Crippen molar-refractivity contribution in [3.05, 3.63) is 59.4 Å². The molecule has 7 heteroatoms. The Hall–Kier alpha value is -3.37. The molecule has 2 atom stereocenters. The lowest BCUT2D eigenvalue weighted by atomic mass is 9.95. The van der Waals surface area contributed by atoms with E-state index in [1.165, 1.54) is 18.4 Å². The summed E-state index contributed by atoms with van der Waals surface area (Å²) in [5, 5.41) is 16.6. The molecule has 7 nitrogen and oxygen atoms in total. The maximum absolute atomic E-state index is 12.5. The number of aromatic amines is 1. The van der Waals surface area contributed by atoms with Gasteiger partial charge in [-0.05, 0) is 49.4 Å². The van der Waals surface area contributed by atoms with E-state index in [0.29, 0.717) is 23.7 Å². The van der Waals surface area contributed by atoms with Gasteiger partial charge in [0, 0.05) is 49.5 Å². The van der Waals surface area contributed by atoms with E-state index in [4.69, 9.17) is 0 Å². The second-order valence-corrected chi connectivity index (χ2v) is 8.55. The average Bonchev–Trinajstić information content (AvgIpc) is 3.35. The molecule has 31 heavy (non-hydrogen) atoms. The van der Waals surface area contributed by atoms with Crippen LogP contribution in [0.25, 0.3) is 11.0 Å². The van der Waals surface area contributed by atoms with Crippen molar-refractivity contribution in [1.29, 1.82) is 5.26 Å². The minimum Gasteiger partial charge on any atom is -0.381 e. The van der Waals surface area contributed by atoms with Gasteiger partial charge in [0.2, 0.25) is 0 Å². The molecule has 2 bridgehead atoms. The van der Waals surface area contributed by atoms with Crippen LogP contribution in [0.5, 0.6) is 0 Å². The van der Waals surface area contributed by atoms with Crippen molar-refractivity contribution in [2.45, 2.75) is 50.4 Å². The van der Waals surface area contributed by atoms with Crippen molar-refractivity contribution in [3.63, 3.8) is 0 Å². The van der Waals surface area contributed by atoms with Crippen LogP contribution in [0.4, 0.5) is 5.69 Å². The summed E-state index contributed by atoms with van der Waals surface area (Å²) in [4.78, 5) is 22.6. The Balaban J connectivity index is 1.35. The Kier molecular flexibility index (Phi) is 5.08. The molecule has 2 saturated heterocycles. The van der Waals surface area contributed by atoms with E-state index < -0.39 is 0 Å². The van der Waals surface area contributed by atoms with Gasteiger partial charge in [-0.25, -0.2) is 4.98 Å². The Morgan fingerprint density at radius 3 is 2.84 bits per heavy atom. The number of H-pyrrole nitrogens is 1. The zero-order valence-corrected chi connectivity index (χ0v) is 17.6. The first-order valence-electron chi connectivity index (χ1n) is 10.9. The number of carbonyl (C=O) groups is 1. The molecule has 1 aromatic carbocycles. The van der Waals surface area contributed by atoms with Crippen molar-refractivity contribution in [2.24, 2.45) is 0 Å². The first-order valence-corrected chi connectivity index (χ1v) is 10.9. The van der Waals surface area contributed by atoms with Crippen LogP contribution in [0.1, 0.15) is 47.2 Å². The Labute approximate surface area is 181 Å². The van der Waals surface area contributed by atoms with Crippen LogP contribution in [-0.4, -0.2) is 45.9 Å². The highest BCUT2D eigenvalue weighted by atomic mass is 16.1. The lowest BCUT2D eigenvalue weighted by molar-refractivity contribution is 0.0963. The van der Waals surface area contributed by atoms with E-state index in [9.17, 15) is 10.1 Å². The zero-order chi connectivity index (χ0) is 21.4. The molecule has 0 radical (unpaired) electrons. The predicted octanol–water partition coefficient (Wildman–Crippen LogP) is 3.40. The van der Waals surface area contributed by atoms with Crippen LogP contribution in [0.2, 0.25) is 0 Å². The highest BCUT2D eigenvalue weighted by molar-refractivity contribution is 6.06. The number of nitriles is 1. The molecule has 2 aromatic heterocycles. The fourth-order valence-electron chi connectivity index (χ4n) is 5.27. The summed E-state index contributed by atoms with van der Waals surface area (Å²) >= 11 is 0. The van der Waals surface area contributed by atoms with Crippen LogP contribution >= 0.6 is 0 Å². The fraction of sp³-hybridized carbons (Fsp3) is 0.375. The molecule has 5 rings (SSSR count). The van der Waals surface area contributed by atoms with E-state index in [1.807, 2.05) is 30.5 Å². The normalized spacial score (nSPS) is 22.9. The van der Waals surface area contributed by atoms with Gasteiger partial charge < -0.3 is 15.6 Å². The van der Waals surface area contributed by atoms with Gasteiger partial charge in [0.05, 0.1) is 22.9 Å². The van der Waals surface area contributed by atoms with Crippen molar-refractivity contribution < 1.29 is 4.79 Å². The summed E-state index contributed by atoms with van der Waals surface area (Å²) in [5.74, 6) is -0.129. The summed E-state index contributed by atoms with van der Waals surface area (Å²) in [6.07, 6.45) is 7.97. The number of fused-ring (bicyclic) bond motifs is 3. The zero-order valence-electron chi connectivity index (χ0n) is 17.6. The molecule has 1 amide bonds. The van der Waals surface area contributed by atoms with Crippen LogP contribution < -0.4 is 10.6 Å². The maximum Gasteiger partial charge on any atom is 0.254 e. The van der Waals surface area contributed by atoms with Crippen molar-refractivity contribution in [2.75, 3.05) is 12.4 Å². The molecule has 2 unspecified atom stereocenters. The Morgan fingerprint density at radius 1 is 1.29 bits per heavy atom. The summed E-state index contributed by atoms with van der Waals surface area (Å²) in [5.41, 5.74) is 4.15. The van der Waals surface area contributed by atoms with E-state index in [0.717, 1.165) is 41.7 Å². The van der Waals surface area contributed by atoms with Gasteiger partial charge in [-0.2, -0.15) is 5.26 Å². The highest BCUT2D eigenvalue weighted by Gasteiger charge is 2.40. The number of benzene rings is 1. The number of rotatable bonds is 5. The monoisotopic (exact) mass is 414 g/mol. The topological polar surface area (TPSA) is 96.8 Å². The third kappa shape index (κ3) is 3.64. The number of aromatic nitrogens is 2. The molecule has 0 spiro atoms.